The largest absolute Gasteiger partial charge is 0.346 e. The average molecular weight is 167 g/mol. The summed E-state index contributed by atoms with van der Waals surface area (Å²) in [6.07, 6.45) is 0.582. The zero-order valence-electron chi connectivity index (χ0n) is 6.53. The Balaban J connectivity index is 4.18. The standard InChI is InChI=1S/C5H14NO3P/c1-4-5(6)10(7,8-2)9-3/h5H,4,6H2,1-3H3. The van der Waals surface area contributed by atoms with Gasteiger partial charge in [-0.3, -0.25) is 4.57 Å². The zero-order valence-corrected chi connectivity index (χ0v) is 7.43. The predicted molar refractivity (Wildman–Crippen MR) is 39.9 cm³/mol. The van der Waals surface area contributed by atoms with Crippen LogP contribution < -0.4 is 5.73 Å². The van der Waals surface area contributed by atoms with Gasteiger partial charge in [-0.05, 0) is 6.42 Å². The Kier molecular flexibility index (Phi) is 4.13. The molecule has 0 fully saturated rings. The van der Waals surface area contributed by atoms with E-state index in [0.29, 0.717) is 6.42 Å². The van der Waals surface area contributed by atoms with Gasteiger partial charge in [0, 0.05) is 14.2 Å². The Morgan fingerprint density at radius 1 is 1.50 bits per heavy atom. The number of hydrogen-bond acceptors (Lipinski definition) is 4. The highest BCUT2D eigenvalue weighted by Crippen LogP contribution is 2.50. The van der Waals surface area contributed by atoms with Gasteiger partial charge in [0.1, 0.15) is 5.78 Å². The van der Waals surface area contributed by atoms with E-state index in [9.17, 15) is 4.57 Å². The first-order chi connectivity index (χ1) is 4.60. The van der Waals surface area contributed by atoms with Crippen LogP contribution in [0.1, 0.15) is 13.3 Å². The monoisotopic (exact) mass is 167 g/mol. The molecule has 0 bridgehead atoms. The minimum absolute atomic E-state index is 0.512. The topological polar surface area (TPSA) is 61.6 Å². The molecule has 0 spiro atoms. The van der Waals surface area contributed by atoms with Crippen molar-refractivity contribution in [2.75, 3.05) is 14.2 Å². The molecule has 0 saturated heterocycles. The van der Waals surface area contributed by atoms with Crippen molar-refractivity contribution in [1.29, 1.82) is 0 Å². The maximum absolute atomic E-state index is 11.3. The molecule has 0 aliphatic rings. The molecule has 1 unspecified atom stereocenters. The van der Waals surface area contributed by atoms with Gasteiger partial charge in [0.05, 0.1) is 0 Å². The van der Waals surface area contributed by atoms with Crippen LogP contribution in [0.15, 0.2) is 0 Å². The van der Waals surface area contributed by atoms with E-state index in [-0.39, 0.29) is 0 Å². The molecule has 0 saturated carbocycles. The van der Waals surface area contributed by atoms with E-state index in [1.807, 2.05) is 6.92 Å². The van der Waals surface area contributed by atoms with Gasteiger partial charge < -0.3 is 14.8 Å². The molecule has 4 nitrogen and oxygen atoms in total. The molecule has 0 aliphatic heterocycles. The second-order valence-corrected chi connectivity index (χ2v) is 4.35. The summed E-state index contributed by atoms with van der Waals surface area (Å²) < 4.78 is 20.6. The molecule has 0 heterocycles. The molecule has 2 N–H and O–H groups in total. The fourth-order valence-electron chi connectivity index (χ4n) is 0.569. The van der Waals surface area contributed by atoms with Gasteiger partial charge in [0.15, 0.2) is 0 Å². The van der Waals surface area contributed by atoms with Crippen LogP contribution in [0.2, 0.25) is 0 Å². The summed E-state index contributed by atoms with van der Waals surface area (Å²) in [5.74, 6) is -0.512. The quantitative estimate of drug-likeness (QED) is 0.638. The molecule has 0 aromatic carbocycles. The van der Waals surface area contributed by atoms with E-state index in [2.05, 4.69) is 9.05 Å². The highest BCUT2D eigenvalue weighted by atomic mass is 31.2. The minimum atomic E-state index is -2.99. The van der Waals surface area contributed by atoms with Crippen LogP contribution in [-0.2, 0) is 13.6 Å². The summed E-state index contributed by atoms with van der Waals surface area (Å²) in [6.45, 7) is 1.83. The Morgan fingerprint density at radius 2 is 1.90 bits per heavy atom. The highest BCUT2D eigenvalue weighted by molar-refractivity contribution is 7.54. The SMILES string of the molecule is CCC(N)P(=O)(OC)OC. The Morgan fingerprint density at radius 3 is 2.00 bits per heavy atom. The summed E-state index contributed by atoms with van der Waals surface area (Å²) >= 11 is 0. The Bertz CT molecular complexity index is 131. The first kappa shape index (κ1) is 10.1. The van der Waals surface area contributed by atoms with Crippen LogP contribution in [-0.4, -0.2) is 20.0 Å². The van der Waals surface area contributed by atoms with Crippen LogP contribution in [0.5, 0.6) is 0 Å². The van der Waals surface area contributed by atoms with Crippen LogP contribution in [0.3, 0.4) is 0 Å². The lowest BCUT2D eigenvalue weighted by molar-refractivity contribution is 0.265. The molecule has 0 radical (unpaired) electrons. The predicted octanol–water partition coefficient (Wildman–Crippen LogP) is 1.17. The smallest absolute Gasteiger partial charge is 0.318 e. The number of nitrogens with two attached hydrogens (primary N) is 1. The van der Waals surface area contributed by atoms with E-state index in [0.717, 1.165) is 0 Å². The first-order valence-electron chi connectivity index (χ1n) is 3.07. The van der Waals surface area contributed by atoms with Crippen molar-refractivity contribution in [2.24, 2.45) is 5.73 Å². The lowest BCUT2D eigenvalue weighted by Gasteiger charge is -2.18. The van der Waals surface area contributed by atoms with E-state index in [1.165, 1.54) is 14.2 Å². The van der Waals surface area contributed by atoms with E-state index < -0.39 is 13.4 Å². The second kappa shape index (κ2) is 4.09. The zero-order chi connectivity index (χ0) is 8.20. The average Bonchev–Trinajstić information content (AvgIpc) is 2.01. The molecule has 0 aliphatic carbocycles. The summed E-state index contributed by atoms with van der Waals surface area (Å²) in [5, 5.41) is 0. The fourth-order valence-corrected chi connectivity index (χ4v) is 1.71. The van der Waals surface area contributed by atoms with Crippen LogP contribution in [0, 0.1) is 0 Å². The maximum Gasteiger partial charge on any atom is 0.346 e. The molecule has 10 heavy (non-hydrogen) atoms. The van der Waals surface area contributed by atoms with E-state index >= 15 is 0 Å². The summed E-state index contributed by atoms with van der Waals surface area (Å²) in [7, 11) is -0.328. The molecule has 1 atom stereocenters. The van der Waals surface area contributed by atoms with Crippen molar-refractivity contribution in [2.45, 2.75) is 19.1 Å². The normalized spacial score (nSPS) is 15.2. The van der Waals surface area contributed by atoms with E-state index in [1.54, 1.807) is 0 Å². The van der Waals surface area contributed by atoms with Crippen molar-refractivity contribution >= 4 is 7.60 Å². The maximum atomic E-state index is 11.3. The van der Waals surface area contributed by atoms with Crippen molar-refractivity contribution in [3.63, 3.8) is 0 Å². The third kappa shape index (κ3) is 2.06. The molecule has 0 aromatic heterocycles. The van der Waals surface area contributed by atoms with Crippen molar-refractivity contribution in [3.05, 3.63) is 0 Å². The van der Waals surface area contributed by atoms with E-state index in [4.69, 9.17) is 5.73 Å². The van der Waals surface area contributed by atoms with Gasteiger partial charge >= 0.3 is 7.60 Å². The van der Waals surface area contributed by atoms with Gasteiger partial charge in [0.25, 0.3) is 0 Å². The molecule has 5 heteroatoms. The summed E-state index contributed by atoms with van der Waals surface area (Å²) in [6, 6.07) is 0. The van der Waals surface area contributed by atoms with Crippen molar-refractivity contribution in [3.8, 4) is 0 Å². The fraction of sp³-hybridized carbons (Fsp3) is 1.00. The number of hydrogen-bond donors (Lipinski definition) is 1. The van der Waals surface area contributed by atoms with Gasteiger partial charge in [-0.1, -0.05) is 6.92 Å². The van der Waals surface area contributed by atoms with Crippen LogP contribution in [0.25, 0.3) is 0 Å². The first-order valence-corrected chi connectivity index (χ1v) is 4.68. The molecule has 0 aromatic rings. The van der Waals surface area contributed by atoms with Crippen molar-refractivity contribution < 1.29 is 13.6 Å². The van der Waals surface area contributed by atoms with Gasteiger partial charge in [0.2, 0.25) is 0 Å². The number of rotatable bonds is 4. The van der Waals surface area contributed by atoms with Crippen LogP contribution >= 0.6 is 7.60 Å². The minimum Gasteiger partial charge on any atom is -0.318 e. The lowest BCUT2D eigenvalue weighted by Crippen LogP contribution is -2.20. The highest BCUT2D eigenvalue weighted by Gasteiger charge is 2.28. The third-order valence-corrected chi connectivity index (χ3v) is 3.53. The summed E-state index contributed by atoms with van der Waals surface area (Å²) in [5.41, 5.74) is 5.46. The summed E-state index contributed by atoms with van der Waals surface area (Å²) in [4.78, 5) is 0. The van der Waals surface area contributed by atoms with Gasteiger partial charge in [-0.25, -0.2) is 0 Å². The molecular weight excluding hydrogens is 153 g/mol. The van der Waals surface area contributed by atoms with Crippen LogP contribution in [0.4, 0.5) is 0 Å². The molecule has 62 valence electrons. The van der Waals surface area contributed by atoms with Gasteiger partial charge in [-0.2, -0.15) is 0 Å². The molecule has 0 rings (SSSR count). The third-order valence-electron chi connectivity index (χ3n) is 1.33. The van der Waals surface area contributed by atoms with Crippen molar-refractivity contribution in [1.82, 2.24) is 0 Å². The second-order valence-electron chi connectivity index (χ2n) is 1.88. The molecule has 0 amide bonds. The van der Waals surface area contributed by atoms with Gasteiger partial charge in [-0.15, -0.1) is 0 Å². The Labute approximate surface area is 61.2 Å². The Hall–Kier alpha value is 0.110. The molecular formula is C5H14NO3P. The lowest BCUT2D eigenvalue weighted by atomic mass is 10.5.